The molecule has 9 heteroatoms. The van der Waals surface area contributed by atoms with Crippen molar-refractivity contribution in [3.05, 3.63) is 34.7 Å². The Labute approximate surface area is 185 Å². The van der Waals surface area contributed by atoms with Crippen molar-refractivity contribution in [1.82, 2.24) is 15.5 Å². The van der Waals surface area contributed by atoms with Gasteiger partial charge in [0.25, 0.3) is 0 Å². The summed E-state index contributed by atoms with van der Waals surface area (Å²) in [6, 6.07) is 3.10. The fraction of sp³-hybridized carbons (Fsp3) is 0.476. The smallest absolute Gasteiger partial charge is 0.208 e. The Balaban J connectivity index is 1.89. The predicted molar refractivity (Wildman–Crippen MR) is 124 cm³/mol. The lowest BCUT2D eigenvalue weighted by Gasteiger charge is -2.48. The molecule has 1 aromatic carbocycles. The van der Waals surface area contributed by atoms with E-state index in [4.69, 9.17) is 22.7 Å². The van der Waals surface area contributed by atoms with E-state index in [1.54, 1.807) is 0 Å². The molecule has 1 aromatic heterocycles. The van der Waals surface area contributed by atoms with Crippen LogP contribution >= 0.6 is 22.9 Å². The molecule has 0 atom stereocenters. The van der Waals surface area contributed by atoms with E-state index >= 15 is 0 Å². The number of aromatic nitrogens is 2. The van der Waals surface area contributed by atoms with Crippen LogP contribution in [0.2, 0.25) is 5.02 Å². The van der Waals surface area contributed by atoms with Crippen molar-refractivity contribution < 1.29 is 4.39 Å². The van der Waals surface area contributed by atoms with Crippen LogP contribution in [0.1, 0.15) is 46.1 Å². The van der Waals surface area contributed by atoms with Gasteiger partial charge in [0.2, 0.25) is 5.13 Å². The van der Waals surface area contributed by atoms with Crippen molar-refractivity contribution in [2.75, 3.05) is 11.9 Å². The zero-order chi connectivity index (χ0) is 22.3. The molecule has 1 aliphatic heterocycles. The average Bonchev–Trinajstić information content (AvgIpc) is 3.11. The molecule has 0 radical (unpaired) electrons. The Kier molecular flexibility index (Phi) is 6.23. The molecule has 0 saturated carbocycles. The molecule has 6 nitrogen and oxygen atoms in total. The van der Waals surface area contributed by atoms with Crippen molar-refractivity contribution in [3.8, 4) is 10.6 Å². The number of allylic oxidation sites excluding steroid dienone is 1. The van der Waals surface area contributed by atoms with Crippen molar-refractivity contribution in [1.29, 1.82) is 5.41 Å². The van der Waals surface area contributed by atoms with E-state index in [9.17, 15) is 4.39 Å². The lowest BCUT2D eigenvalue weighted by atomic mass is 9.79. The van der Waals surface area contributed by atoms with Gasteiger partial charge in [0.15, 0.2) is 5.01 Å². The summed E-state index contributed by atoms with van der Waals surface area (Å²) in [4.78, 5) is 2.16. The highest BCUT2D eigenvalue weighted by Gasteiger charge is 2.39. The average molecular weight is 451 g/mol. The fourth-order valence-electron chi connectivity index (χ4n) is 4.31. The summed E-state index contributed by atoms with van der Waals surface area (Å²) in [6.07, 6.45) is 4.13. The minimum Gasteiger partial charge on any atom is -0.404 e. The van der Waals surface area contributed by atoms with Crippen LogP contribution in [-0.4, -0.2) is 40.6 Å². The van der Waals surface area contributed by atoms with Crippen LogP contribution in [0.3, 0.4) is 0 Å². The molecule has 0 aliphatic carbocycles. The minimum absolute atomic E-state index is 0.0134. The second-order valence-electron chi connectivity index (χ2n) is 9.03. The number of halogens is 2. The Morgan fingerprint density at radius 2 is 1.93 bits per heavy atom. The molecule has 1 fully saturated rings. The third kappa shape index (κ3) is 4.66. The maximum Gasteiger partial charge on any atom is 0.208 e. The summed E-state index contributed by atoms with van der Waals surface area (Å²) in [5, 5.41) is 21.3. The molecule has 0 bridgehead atoms. The highest BCUT2D eigenvalue weighted by atomic mass is 35.5. The van der Waals surface area contributed by atoms with Gasteiger partial charge in [-0.2, -0.15) is 0 Å². The number of piperidine rings is 1. The molecule has 162 valence electrons. The molecule has 0 spiro atoms. The first-order chi connectivity index (χ1) is 14.0. The molecule has 0 unspecified atom stereocenters. The maximum absolute atomic E-state index is 14.6. The summed E-state index contributed by atoms with van der Waals surface area (Å²) in [6.45, 7) is 8.84. The predicted octanol–water partition coefficient (Wildman–Crippen LogP) is 4.69. The monoisotopic (exact) mass is 450 g/mol. The highest BCUT2D eigenvalue weighted by molar-refractivity contribution is 7.18. The largest absolute Gasteiger partial charge is 0.404 e. The molecule has 2 heterocycles. The molecule has 2 aromatic rings. The molecule has 1 aliphatic rings. The van der Waals surface area contributed by atoms with Crippen molar-refractivity contribution in [2.24, 2.45) is 5.73 Å². The molecular formula is C21H28ClFN6S. The van der Waals surface area contributed by atoms with Crippen LogP contribution < -0.4 is 16.0 Å². The van der Waals surface area contributed by atoms with E-state index in [2.05, 4.69) is 48.1 Å². The SMILES string of the molecule is CN(c1nnc(-c2cc(F)c(/C(C=N)=C/N)cc2Cl)s1)C1CC(C)(C)NC(C)(C)C1. The lowest BCUT2D eigenvalue weighted by Crippen LogP contribution is -2.61. The van der Waals surface area contributed by atoms with Gasteiger partial charge in [-0.1, -0.05) is 22.9 Å². The number of rotatable bonds is 5. The number of hydrogen-bond donors (Lipinski definition) is 3. The highest BCUT2D eigenvalue weighted by Crippen LogP contribution is 2.38. The summed E-state index contributed by atoms with van der Waals surface area (Å²) in [5.41, 5.74) is 6.42. The number of hydrogen-bond acceptors (Lipinski definition) is 7. The number of nitrogens with two attached hydrogens (primary N) is 1. The van der Waals surface area contributed by atoms with Gasteiger partial charge in [0, 0.05) is 53.3 Å². The van der Waals surface area contributed by atoms with Gasteiger partial charge in [0.05, 0.1) is 5.02 Å². The van der Waals surface area contributed by atoms with Crippen LogP contribution in [0.5, 0.6) is 0 Å². The van der Waals surface area contributed by atoms with Crippen LogP contribution in [-0.2, 0) is 0 Å². The number of nitrogens with one attached hydrogen (secondary N) is 2. The minimum atomic E-state index is -0.512. The van der Waals surface area contributed by atoms with Gasteiger partial charge >= 0.3 is 0 Å². The molecule has 1 saturated heterocycles. The molecule has 4 N–H and O–H groups in total. The number of nitrogens with zero attached hydrogens (tertiary/aromatic N) is 3. The van der Waals surface area contributed by atoms with Crippen LogP contribution in [0.25, 0.3) is 16.1 Å². The first-order valence-electron chi connectivity index (χ1n) is 9.74. The summed E-state index contributed by atoms with van der Waals surface area (Å²) < 4.78 is 14.6. The van der Waals surface area contributed by atoms with E-state index in [1.165, 1.54) is 29.7 Å². The van der Waals surface area contributed by atoms with Gasteiger partial charge in [-0.3, -0.25) is 0 Å². The Bertz CT molecular complexity index is 968. The molecular weight excluding hydrogens is 423 g/mol. The van der Waals surface area contributed by atoms with Crippen molar-refractivity contribution in [3.63, 3.8) is 0 Å². The Hall–Kier alpha value is -2.03. The van der Waals surface area contributed by atoms with Crippen LogP contribution in [0.15, 0.2) is 18.3 Å². The van der Waals surface area contributed by atoms with Gasteiger partial charge in [-0.05, 0) is 52.7 Å². The first kappa shape index (κ1) is 22.7. The van der Waals surface area contributed by atoms with Gasteiger partial charge in [0.1, 0.15) is 5.82 Å². The third-order valence-corrected chi connectivity index (χ3v) is 6.73. The zero-order valence-corrected chi connectivity index (χ0v) is 19.5. The topological polar surface area (TPSA) is 90.9 Å². The second kappa shape index (κ2) is 8.24. The second-order valence-corrected chi connectivity index (χ2v) is 10.4. The Morgan fingerprint density at radius 3 is 2.50 bits per heavy atom. The van der Waals surface area contributed by atoms with Gasteiger partial charge < -0.3 is 21.4 Å². The van der Waals surface area contributed by atoms with Crippen molar-refractivity contribution in [2.45, 2.75) is 57.7 Å². The number of benzene rings is 1. The molecule has 0 amide bonds. The number of anilines is 1. The van der Waals surface area contributed by atoms with E-state index < -0.39 is 5.82 Å². The summed E-state index contributed by atoms with van der Waals surface area (Å²) >= 11 is 7.80. The van der Waals surface area contributed by atoms with E-state index in [0.717, 1.165) is 24.2 Å². The quantitative estimate of drug-likeness (QED) is 0.574. The molecule has 3 rings (SSSR count). The molecule has 30 heavy (non-hydrogen) atoms. The van der Waals surface area contributed by atoms with Gasteiger partial charge in [-0.15, -0.1) is 10.2 Å². The first-order valence-corrected chi connectivity index (χ1v) is 10.9. The zero-order valence-electron chi connectivity index (χ0n) is 17.9. The maximum atomic E-state index is 14.6. The standard InChI is InChI=1S/C21H28ClFN6S/c1-20(2)8-13(9-21(3,4)28-20)29(5)19-27-26-18(30-19)15-7-17(23)14(6-16(15)22)12(10-24)11-25/h6-7,10-11,13,24,28H,8-9,25H2,1-5H3/b12-11+,24-10?. The summed E-state index contributed by atoms with van der Waals surface area (Å²) in [7, 11) is 2.03. The normalized spacial score (nSPS) is 19.0. The summed E-state index contributed by atoms with van der Waals surface area (Å²) in [5.74, 6) is -0.512. The lowest BCUT2D eigenvalue weighted by molar-refractivity contribution is 0.161. The third-order valence-electron chi connectivity index (χ3n) is 5.37. The fourth-order valence-corrected chi connectivity index (χ4v) is 5.53. The Morgan fingerprint density at radius 1 is 1.30 bits per heavy atom. The van der Waals surface area contributed by atoms with Crippen LogP contribution in [0, 0.1) is 11.2 Å². The van der Waals surface area contributed by atoms with Crippen molar-refractivity contribution >= 4 is 39.9 Å². The van der Waals surface area contributed by atoms with Crippen LogP contribution in [0.4, 0.5) is 9.52 Å². The van der Waals surface area contributed by atoms with E-state index in [1.807, 2.05) is 7.05 Å². The van der Waals surface area contributed by atoms with E-state index in [-0.39, 0.29) is 22.2 Å². The van der Waals surface area contributed by atoms with E-state index in [0.29, 0.717) is 21.6 Å². The van der Waals surface area contributed by atoms with Gasteiger partial charge in [-0.25, -0.2) is 4.39 Å².